The minimum Gasteiger partial charge on any atom is -0.340 e. The molecule has 0 bridgehead atoms. The van der Waals surface area contributed by atoms with E-state index >= 15 is 0 Å². The van der Waals surface area contributed by atoms with Crippen molar-refractivity contribution in [1.29, 1.82) is 0 Å². The van der Waals surface area contributed by atoms with Gasteiger partial charge in [-0.3, -0.25) is 5.10 Å². The monoisotopic (exact) mass is 339 g/mol. The molecule has 102 valence electrons. The molecule has 0 fully saturated rings. The van der Waals surface area contributed by atoms with Crippen LogP contribution in [0, 0.1) is 0 Å². The highest BCUT2D eigenvalue weighted by Crippen LogP contribution is 2.28. The van der Waals surface area contributed by atoms with E-state index in [1.807, 2.05) is 36.4 Å². The van der Waals surface area contributed by atoms with Crippen LogP contribution in [0.1, 0.15) is 0 Å². The van der Waals surface area contributed by atoms with E-state index in [0.717, 1.165) is 37.8 Å². The number of hydrogen-bond donors (Lipinski definition) is 2. The molecule has 4 rings (SSSR count). The Balaban J connectivity index is 1.81. The van der Waals surface area contributed by atoms with Crippen molar-refractivity contribution in [2.45, 2.75) is 0 Å². The summed E-state index contributed by atoms with van der Waals surface area (Å²) in [5.74, 6) is 0.778. The van der Waals surface area contributed by atoms with Crippen LogP contribution in [0.5, 0.6) is 0 Å². The maximum absolute atomic E-state index is 4.34. The third-order valence-electron chi connectivity index (χ3n) is 3.32. The number of anilines is 2. The topological polar surface area (TPSA) is 66.5 Å². The second-order valence-electron chi connectivity index (χ2n) is 4.66. The molecule has 2 aromatic carbocycles. The first-order valence-electron chi connectivity index (χ1n) is 6.41. The summed E-state index contributed by atoms with van der Waals surface area (Å²) in [4.78, 5) is 8.65. The zero-order valence-corrected chi connectivity index (χ0v) is 12.4. The fraction of sp³-hybridized carbons (Fsp3) is 0. The molecule has 0 saturated heterocycles. The van der Waals surface area contributed by atoms with Crippen LogP contribution in [0.25, 0.3) is 21.8 Å². The number of H-pyrrole nitrogens is 1. The van der Waals surface area contributed by atoms with Crippen LogP contribution in [0.3, 0.4) is 0 Å². The minimum atomic E-state index is 0.778. The predicted molar refractivity (Wildman–Crippen MR) is 86.6 cm³/mol. The molecule has 5 nitrogen and oxygen atoms in total. The molecule has 0 aliphatic heterocycles. The molecule has 0 aliphatic carbocycles. The second kappa shape index (κ2) is 4.82. The third kappa shape index (κ3) is 2.13. The molecule has 2 N–H and O–H groups in total. The van der Waals surface area contributed by atoms with Gasteiger partial charge in [-0.25, -0.2) is 9.97 Å². The smallest absolute Gasteiger partial charge is 0.141 e. The van der Waals surface area contributed by atoms with E-state index in [2.05, 4.69) is 41.4 Å². The zero-order valence-electron chi connectivity index (χ0n) is 10.8. The Hall–Kier alpha value is -2.47. The highest BCUT2D eigenvalue weighted by atomic mass is 79.9. The number of benzene rings is 2. The average Bonchev–Trinajstić information content (AvgIpc) is 2.96. The Morgan fingerprint density at radius 3 is 3.00 bits per heavy atom. The van der Waals surface area contributed by atoms with E-state index in [4.69, 9.17) is 0 Å². The molecule has 0 radical (unpaired) electrons. The van der Waals surface area contributed by atoms with E-state index in [-0.39, 0.29) is 0 Å². The van der Waals surface area contributed by atoms with Crippen LogP contribution in [0.2, 0.25) is 0 Å². The molecule has 2 aromatic heterocycles. The number of nitrogens with zero attached hydrogens (tertiary/aromatic N) is 3. The number of rotatable bonds is 2. The Labute approximate surface area is 128 Å². The quantitative estimate of drug-likeness (QED) is 0.579. The van der Waals surface area contributed by atoms with Crippen LogP contribution in [-0.2, 0) is 0 Å². The SMILES string of the molecule is Brc1cccc2c(Nc3ccc4cn[nH]c4c3)ncnc12. The van der Waals surface area contributed by atoms with Gasteiger partial charge in [-0.2, -0.15) is 5.10 Å². The fourth-order valence-corrected chi connectivity index (χ4v) is 2.77. The summed E-state index contributed by atoms with van der Waals surface area (Å²) in [6, 6.07) is 12.0. The molecule has 0 atom stereocenters. The number of fused-ring (bicyclic) bond motifs is 2. The molecule has 2 heterocycles. The first-order chi connectivity index (χ1) is 10.3. The minimum absolute atomic E-state index is 0.778. The van der Waals surface area contributed by atoms with Crippen LogP contribution >= 0.6 is 15.9 Å². The van der Waals surface area contributed by atoms with Gasteiger partial charge < -0.3 is 5.32 Å². The predicted octanol–water partition coefficient (Wildman–Crippen LogP) is 4.01. The van der Waals surface area contributed by atoms with Crippen LogP contribution < -0.4 is 5.32 Å². The summed E-state index contributed by atoms with van der Waals surface area (Å²) < 4.78 is 0.953. The number of aromatic nitrogens is 4. The lowest BCUT2D eigenvalue weighted by Gasteiger charge is -2.09. The van der Waals surface area contributed by atoms with E-state index in [9.17, 15) is 0 Å². The Kier molecular flexibility index (Phi) is 2.82. The van der Waals surface area contributed by atoms with E-state index in [0.29, 0.717) is 0 Å². The number of nitrogens with one attached hydrogen (secondary N) is 2. The highest BCUT2D eigenvalue weighted by molar-refractivity contribution is 9.10. The van der Waals surface area contributed by atoms with Gasteiger partial charge in [-0.1, -0.05) is 6.07 Å². The summed E-state index contributed by atoms with van der Waals surface area (Å²) in [5.41, 5.74) is 2.82. The van der Waals surface area contributed by atoms with Gasteiger partial charge in [0.1, 0.15) is 12.1 Å². The van der Waals surface area contributed by atoms with E-state index in [1.54, 1.807) is 12.5 Å². The number of hydrogen-bond acceptors (Lipinski definition) is 4. The molecule has 0 amide bonds. The maximum atomic E-state index is 4.34. The molecule has 0 unspecified atom stereocenters. The molecular weight excluding hydrogens is 330 g/mol. The lowest BCUT2D eigenvalue weighted by Crippen LogP contribution is -1.96. The maximum Gasteiger partial charge on any atom is 0.141 e. The summed E-state index contributed by atoms with van der Waals surface area (Å²) >= 11 is 3.51. The Bertz CT molecular complexity index is 947. The van der Waals surface area contributed by atoms with Crippen LogP contribution in [0.4, 0.5) is 11.5 Å². The summed E-state index contributed by atoms with van der Waals surface area (Å²) in [6.07, 6.45) is 3.36. The largest absolute Gasteiger partial charge is 0.340 e. The number of para-hydroxylation sites is 1. The van der Waals surface area contributed by atoms with E-state index in [1.165, 1.54) is 0 Å². The van der Waals surface area contributed by atoms with Crippen molar-refractivity contribution < 1.29 is 0 Å². The van der Waals surface area contributed by atoms with Gasteiger partial charge in [0.05, 0.1) is 17.2 Å². The summed E-state index contributed by atoms with van der Waals surface area (Å²) in [5, 5.41) is 12.4. The van der Waals surface area contributed by atoms with Gasteiger partial charge in [0.2, 0.25) is 0 Å². The van der Waals surface area contributed by atoms with Crippen molar-refractivity contribution in [1.82, 2.24) is 20.2 Å². The Morgan fingerprint density at radius 1 is 1.10 bits per heavy atom. The van der Waals surface area contributed by atoms with Crippen LogP contribution in [-0.4, -0.2) is 20.2 Å². The lowest BCUT2D eigenvalue weighted by atomic mass is 10.2. The van der Waals surface area contributed by atoms with E-state index < -0.39 is 0 Å². The number of aromatic amines is 1. The first-order valence-corrected chi connectivity index (χ1v) is 7.20. The zero-order chi connectivity index (χ0) is 14.2. The van der Waals surface area contributed by atoms with Crippen molar-refractivity contribution in [2.24, 2.45) is 0 Å². The third-order valence-corrected chi connectivity index (χ3v) is 3.96. The molecule has 0 aliphatic rings. The highest BCUT2D eigenvalue weighted by Gasteiger charge is 2.07. The van der Waals surface area contributed by atoms with Gasteiger partial charge >= 0.3 is 0 Å². The van der Waals surface area contributed by atoms with Crippen molar-refractivity contribution in [3.63, 3.8) is 0 Å². The molecule has 21 heavy (non-hydrogen) atoms. The van der Waals surface area contributed by atoms with Crippen molar-refractivity contribution >= 4 is 49.2 Å². The van der Waals surface area contributed by atoms with Crippen molar-refractivity contribution in [3.05, 3.63) is 53.4 Å². The van der Waals surface area contributed by atoms with Crippen molar-refractivity contribution in [3.8, 4) is 0 Å². The molecular formula is C15H10BrN5. The number of halogens is 1. The first kappa shape index (κ1) is 12.3. The molecule has 6 heteroatoms. The van der Waals surface area contributed by atoms with Gasteiger partial charge in [-0.15, -0.1) is 0 Å². The normalized spacial score (nSPS) is 11.1. The summed E-state index contributed by atoms with van der Waals surface area (Å²) in [7, 11) is 0. The summed E-state index contributed by atoms with van der Waals surface area (Å²) in [6.45, 7) is 0. The van der Waals surface area contributed by atoms with Gasteiger partial charge in [0.15, 0.2) is 0 Å². The van der Waals surface area contributed by atoms with Crippen molar-refractivity contribution in [2.75, 3.05) is 5.32 Å². The van der Waals surface area contributed by atoms with Gasteiger partial charge in [0, 0.05) is 20.9 Å². The van der Waals surface area contributed by atoms with Crippen LogP contribution in [0.15, 0.2) is 53.4 Å². The average molecular weight is 340 g/mol. The molecule has 0 spiro atoms. The van der Waals surface area contributed by atoms with Gasteiger partial charge in [-0.05, 0) is 46.3 Å². The Morgan fingerprint density at radius 2 is 2.05 bits per heavy atom. The fourth-order valence-electron chi connectivity index (χ4n) is 2.30. The lowest BCUT2D eigenvalue weighted by molar-refractivity contribution is 1.12. The second-order valence-corrected chi connectivity index (χ2v) is 5.51. The molecule has 4 aromatic rings. The molecule has 0 saturated carbocycles. The standard InChI is InChI=1S/C15H10BrN5/c16-12-3-1-2-11-14(12)17-8-18-15(11)20-10-5-4-9-7-19-21-13(9)6-10/h1-8H,(H,19,21)(H,17,18,20). The van der Waals surface area contributed by atoms with Gasteiger partial charge in [0.25, 0.3) is 0 Å².